The molecule has 0 aromatic heterocycles. The Kier molecular flexibility index (Phi) is 8.13. The third-order valence-corrected chi connectivity index (χ3v) is 8.58. The Bertz CT molecular complexity index is 1630. The lowest BCUT2D eigenvalue weighted by Crippen LogP contribution is -2.35. The predicted octanol–water partition coefficient (Wildman–Crippen LogP) is 4.45. The lowest BCUT2D eigenvalue weighted by molar-refractivity contribution is -0.131. The Balaban J connectivity index is 1.14. The topological polar surface area (TPSA) is 120 Å². The number of anilines is 2. The van der Waals surface area contributed by atoms with E-state index >= 15 is 4.39 Å². The van der Waals surface area contributed by atoms with Gasteiger partial charge in [-0.1, -0.05) is 6.07 Å². The van der Waals surface area contributed by atoms with E-state index in [-0.39, 0.29) is 40.7 Å². The number of likely N-dealkylation sites (tertiary alicyclic amines) is 1. The van der Waals surface area contributed by atoms with Gasteiger partial charge in [-0.25, -0.2) is 8.78 Å². The number of benzene rings is 3. The molecule has 2 fully saturated rings. The zero-order chi connectivity index (χ0) is 30.8. The van der Waals surface area contributed by atoms with E-state index < -0.39 is 28.9 Å². The molecule has 0 atom stereocenters. The monoisotopic (exact) mass is 601 g/mol. The van der Waals surface area contributed by atoms with Gasteiger partial charge in [0.2, 0.25) is 11.8 Å². The molecule has 228 valence electrons. The smallest absolute Gasteiger partial charge is 0.252 e. The van der Waals surface area contributed by atoms with Crippen LogP contribution in [0.4, 0.5) is 20.2 Å². The van der Waals surface area contributed by atoms with Gasteiger partial charge < -0.3 is 26.2 Å². The second-order valence-corrected chi connectivity index (χ2v) is 11.5. The highest BCUT2D eigenvalue weighted by atomic mass is 19.1. The van der Waals surface area contributed by atoms with Crippen LogP contribution in [-0.4, -0.2) is 54.7 Å². The number of carbonyl (C=O) groups is 4. The highest BCUT2D eigenvalue weighted by Gasteiger charge is 2.56. The van der Waals surface area contributed by atoms with Gasteiger partial charge in [-0.3, -0.25) is 19.2 Å². The van der Waals surface area contributed by atoms with Crippen molar-refractivity contribution in [1.29, 1.82) is 0 Å². The molecule has 4 amide bonds. The summed E-state index contributed by atoms with van der Waals surface area (Å²) in [5.41, 5.74) is 0.947. The van der Waals surface area contributed by atoms with E-state index in [1.807, 2.05) is 0 Å². The minimum absolute atomic E-state index is 0.156. The van der Waals surface area contributed by atoms with Crippen molar-refractivity contribution in [2.75, 3.05) is 36.8 Å². The molecule has 0 spiro atoms. The van der Waals surface area contributed by atoms with E-state index in [0.717, 1.165) is 26.1 Å². The summed E-state index contributed by atoms with van der Waals surface area (Å²) in [6.07, 6.45) is 3.89. The normalized spacial score (nSPS) is 16.6. The first kappa shape index (κ1) is 29.4. The standard InChI is InChI=1S/C33H33F2N5O4/c34-20-4-6-21(7-5-20)38-31(43)33(12-13-33)32(44)39-22-8-9-24(27(35)18-22)23-10-11-25(28-26(23)19-37-30(28)42)29(41)36-14-3-17-40-15-1-2-16-40/h4-11,18H,1-3,12-17,19H2,(H,36,41)(H,37,42)(H,38,43)(H,39,44). The number of nitrogens with one attached hydrogen (secondary N) is 4. The molecule has 1 saturated heterocycles. The molecule has 44 heavy (non-hydrogen) atoms. The molecule has 2 heterocycles. The Morgan fingerprint density at radius 2 is 1.52 bits per heavy atom. The molecule has 0 radical (unpaired) electrons. The molecule has 6 rings (SSSR count). The summed E-state index contributed by atoms with van der Waals surface area (Å²) in [7, 11) is 0. The van der Waals surface area contributed by atoms with Gasteiger partial charge in [0.05, 0.1) is 11.1 Å². The zero-order valence-corrected chi connectivity index (χ0v) is 24.1. The average Bonchev–Trinajstić information content (AvgIpc) is 3.50. The largest absolute Gasteiger partial charge is 0.352 e. The number of amides is 4. The molecule has 0 bridgehead atoms. The number of carbonyl (C=O) groups excluding carboxylic acids is 4. The number of nitrogens with zero attached hydrogens (tertiary/aromatic N) is 1. The van der Waals surface area contributed by atoms with Crippen molar-refractivity contribution in [2.45, 2.75) is 38.6 Å². The first-order valence-electron chi connectivity index (χ1n) is 14.9. The van der Waals surface area contributed by atoms with Crippen molar-refractivity contribution >= 4 is 35.0 Å². The van der Waals surface area contributed by atoms with E-state index in [9.17, 15) is 23.6 Å². The Morgan fingerprint density at radius 3 is 2.20 bits per heavy atom. The second kappa shape index (κ2) is 12.2. The van der Waals surface area contributed by atoms with Crippen LogP contribution in [0.1, 0.15) is 58.4 Å². The molecule has 1 aliphatic carbocycles. The molecule has 3 aromatic carbocycles. The summed E-state index contributed by atoms with van der Waals surface area (Å²) in [5.74, 6) is -2.88. The molecule has 3 aromatic rings. The summed E-state index contributed by atoms with van der Waals surface area (Å²) < 4.78 is 28.7. The average molecular weight is 602 g/mol. The Hall–Kier alpha value is -4.64. The molecule has 11 heteroatoms. The summed E-state index contributed by atoms with van der Waals surface area (Å²) in [6.45, 7) is 3.74. The molecule has 2 aliphatic heterocycles. The van der Waals surface area contributed by atoms with E-state index in [0.29, 0.717) is 36.2 Å². The zero-order valence-electron chi connectivity index (χ0n) is 24.1. The summed E-state index contributed by atoms with van der Waals surface area (Å²) in [4.78, 5) is 54.0. The number of fused-ring (bicyclic) bond motifs is 1. The van der Waals surface area contributed by atoms with Gasteiger partial charge in [-0.15, -0.1) is 0 Å². The molecular formula is C33H33F2N5O4. The van der Waals surface area contributed by atoms with Crippen LogP contribution in [0.2, 0.25) is 0 Å². The first-order valence-corrected chi connectivity index (χ1v) is 14.9. The van der Waals surface area contributed by atoms with Gasteiger partial charge in [0.1, 0.15) is 17.0 Å². The maximum absolute atomic E-state index is 15.5. The van der Waals surface area contributed by atoms with E-state index in [4.69, 9.17) is 0 Å². The molecular weight excluding hydrogens is 568 g/mol. The van der Waals surface area contributed by atoms with Gasteiger partial charge in [-0.2, -0.15) is 0 Å². The molecule has 1 saturated carbocycles. The van der Waals surface area contributed by atoms with Gasteiger partial charge in [0.15, 0.2) is 0 Å². The molecule has 4 N–H and O–H groups in total. The summed E-state index contributed by atoms with van der Waals surface area (Å²) in [5, 5.41) is 10.9. The van der Waals surface area contributed by atoms with E-state index in [2.05, 4.69) is 26.2 Å². The van der Waals surface area contributed by atoms with Crippen LogP contribution in [0, 0.1) is 17.0 Å². The second-order valence-electron chi connectivity index (χ2n) is 11.5. The van der Waals surface area contributed by atoms with Crippen molar-refractivity contribution < 1.29 is 28.0 Å². The van der Waals surface area contributed by atoms with Crippen molar-refractivity contribution in [3.05, 3.63) is 82.9 Å². The fourth-order valence-corrected chi connectivity index (χ4v) is 5.92. The van der Waals surface area contributed by atoms with Gasteiger partial charge in [-0.05, 0) is 111 Å². The minimum Gasteiger partial charge on any atom is -0.352 e. The molecule has 9 nitrogen and oxygen atoms in total. The van der Waals surface area contributed by atoms with Crippen molar-refractivity contribution in [1.82, 2.24) is 15.5 Å². The van der Waals surface area contributed by atoms with E-state index in [1.54, 1.807) is 12.1 Å². The predicted molar refractivity (Wildman–Crippen MR) is 161 cm³/mol. The van der Waals surface area contributed by atoms with Crippen molar-refractivity contribution in [3.8, 4) is 11.1 Å². The number of hydrogen-bond donors (Lipinski definition) is 4. The Labute approximate surface area is 253 Å². The summed E-state index contributed by atoms with van der Waals surface area (Å²) >= 11 is 0. The molecule has 3 aliphatic rings. The fourth-order valence-electron chi connectivity index (χ4n) is 5.92. The van der Waals surface area contributed by atoms with Crippen LogP contribution in [0.15, 0.2) is 54.6 Å². The van der Waals surface area contributed by atoms with Crippen LogP contribution >= 0.6 is 0 Å². The highest BCUT2D eigenvalue weighted by Crippen LogP contribution is 2.47. The van der Waals surface area contributed by atoms with Crippen LogP contribution < -0.4 is 21.3 Å². The maximum atomic E-state index is 15.5. The minimum atomic E-state index is -1.29. The number of hydrogen-bond acceptors (Lipinski definition) is 5. The van der Waals surface area contributed by atoms with Crippen LogP contribution in [0.5, 0.6) is 0 Å². The number of rotatable bonds is 10. The maximum Gasteiger partial charge on any atom is 0.252 e. The SMILES string of the molecule is O=C(NCCCN1CCCC1)c1ccc(-c2ccc(NC(=O)C3(C(=O)Nc4ccc(F)cc4)CC3)cc2F)c2c1C(=O)NC2. The third kappa shape index (κ3) is 5.92. The first-order chi connectivity index (χ1) is 21.2. The quantitative estimate of drug-likeness (QED) is 0.202. The van der Waals surface area contributed by atoms with Crippen molar-refractivity contribution in [2.24, 2.45) is 5.41 Å². The van der Waals surface area contributed by atoms with Gasteiger partial charge >= 0.3 is 0 Å². The number of halogens is 2. The highest BCUT2D eigenvalue weighted by molar-refractivity contribution is 6.17. The lowest BCUT2D eigenvalue weighted by Gasteiger charge is -2.17. The van der Waals surface area contributed by atoms with Crippen LogP contribution in [0.3, 0.4) is 0 Å². The van der Waals surface area contributed by atoms with E-state index in [1.165, 1.54) is 55.3 Å². The van der Waals surface area contributed by atoms with Crippen LogP contribution in [0.25, 0.3) is 11.1 Å². The van der Waals surface area contributed by atoms with Crippen LogP contribution in [-0.2, 0) is 16.1 Å². The molecule has 0 unspecified atom stereocenters. The van der Waals surface area contributed by atoms with Crippen molar-refractivity contribution in [3.63, 3.8) is 0 Å². The van der Waals surface area contributed by atoms with Gasteiger partial charge in [0.25, 0.3) is 11.8 Å². The lowest BCUT2D eigenvalue weighted by atomic mass is 9.92. The summed E-state index contributed by atoms with van der Waals surface area (Å²) in [6, 6.07) is 12.6. The third-order valence-electron chi connectivity index (χ3n) is 8.58. The Morgan fingerprint density at radius 1 is 0.864 bits per heavy atom. The fraction of sp³-hybridized carbons (Fsp3) is 0.333. The van der Waals surface area contributed by atoms with Gasteiger partial charge in [0, 0.05) is 30.0 Å².